The number of nitrogens with zero attached hydrogens (tertiary/aromatic N) is 2. The van der Waals surface area contributed by atoms with Crippen LogP contribution in [0.5, 0.6) is 0 Å². The minimum atomic E-state index is -0.451. The molecule has 0 aliphatic carbocycles. The van der Waals surface area contributed by atoms with Crippen LogP contribution in [0.3, 0.4) is 0 Å². The quantitative estimate of drug-likeness (QED) is 0.698. The largest absolute Gasteiger partial charge is 0.462 e. The van der Waals surface area contributed by atoms with E-state index in [9.17, 15) is 9.59 Å². The number of benzene rings is 1. The zero-order valence-corrected chi connectivity index (χ0v) is 15.1. The number of nitrogens with one attached hydrogen (secondary N) is 1. The minimum absolute atomic E-state index is 0.203. The van der Waals surface area contributed by atoms with Gasteiger partial charge in [0, 0.05) is 11.8 Å². The van der Waals surface area contributed by atoms with E-state index >= 15 is 0 Å². The monoisotopic (exact) mass is 361 g/mol. The third-order valence-electron chi connectivity index (χ3n) is 3.93. The van der Waals surface area contributed by atoms with Crippen LogP contribution in [-0.2, 0) is 4.74 Å². The zero-order valence-electron chi connectivity index (χ0n) is 15.1. The first-order valence-electron chi connectivity index (χ1n) is 8.56. The molecule has 2 aromatic heterocycles. The van der Waals surface area contributed by atoms with Gasteiger partial charge in [0.25, 0.3) is 5.91 Å². The Balaban J connectivity index is 1.72. The van der Waals surface area contributed by atoms with Crippen molar-refractivity contribution in [3.63, 3.8) is 0 Å². The van der Waals surface area contributed by atoms with Crippen LogP contribution in [0.25, 0.3) is 11.1 Å². The fraction of sp³-hybridized carbons (Fsp3) is 0.143. The first-order valence-corrected chi connectivity index (χ1v) is 8.56. The summed E-state index contributed by atoms with van der Waals surface area (Å²) in [6.45, 7) is 3.68. The van der Waals surface area contributed by atoms with E-state index in [4.69, 9.17) is 4.74 Å². The number of hydrogen-bond donors (Lipinski definition) is 1. The maximum Gasteiger partial charge on any atom is 0.339 e. The predicted octanol–water partition coefficient (Wildman–Crippen LogP) is 3.88. The Morgan fingerprint density at radius 3 is 2.41 bits per heavy atom. The van der Waals surface area contributed by atoms with Gasteiger partial charge in [0.2, 0.25) is 0 Å². The summed E-state index contributed by atoms with van der Waals surface area (Å²) in [5, 5.41) is 2.71. The predicted molar refractivity (Wildman–Crippen MR) is 103 cm³/mol. The number of aryl methyl sites for hydroxylation is 1. The third-order valence-corrected chi connectivity index (χ3v) is 3.93. The summed E-state index contributed by atoms with van der Waals surface area (Å²) in [5.41, 5.74) is 3.00. The SMILES string of the molecule is CCOC(=O)c1ccc(C(=O)Nc2ccc(-c3ccccc3)cn2)nc1C. The van der Waals surface area contributed by atoms with E-state index in [-0.39, 0.29) is 12.3 Å². The molecule has 0 spiro atoms. The molecule has 3 aromatic rings. The van der Waals surface area contributed by atoms with Gasteiger partial charge >= 0.3 is 5.97 Å². The first-order chi connectivity index (χ1) is 13.1. The van der Waals surface area contributed by atoms with Crippen molar-refractivity contribution >= 4 is 17.7 Å². The number of rotatable bonds is 5. The van der Waals surface area contributed by atoms with E-state index in [0.717, 1.165) is 11.1 Å². The van der Waals surface area contributed by atoms with Crippen molar-refractivity contribution in [2.24, 2.45) is 0 Å². The fourth-order valence-electron chi connectivity index (χ4n) is 2.56. The molecule has 6 nitrogen and oxygen atoms in total. The zero-order chi connectivity index (χ0) is 19.2. The van der Waals surface area contributed by atoms with Crippen molar-refractivity contribution in [3.8, 4) is 11.1 Å². The summed E-state index contributed by atoms with van der Waals surface area (Å²) in [4.78, 5) is 32.7. The standard InChI is InChI=1S/C21H19N3O3/c1-3-27-21(26)17-10-11-18(23-14(17)2)20(25)24-19-12-9-16(13-22-19)15-7-5-4-6-8-15/h4-13H,3H2,1-2H3,(H,22,24,25). The molecular formula is C21H19N3O3. The van der Waals surface area contributed by atoms with Crippen LogP contribution >= 0.6 is 0 Å². The maximum absolute atomic E-state index is 12.4. The molecule has 1 amide bonds. The number of carbonyl (C=O) groups is 2. The number of carbonyl (C=O) groups excluding carboxylic acids is 2. The summed E-state index contributed by atoms with van der Waals surface area (Å²) in [5.74, 6) is -0.422. The van der Waals surface area contributed by atoms with Crippen molar-refractivity contribution < 1.29 is 14.3 Å². The van der Waals surface area contributed by atoms with Crippen molar-refractivity contribution in [1.29, 1.82) is 0 Å². The molecule has 0 fully saturated rings. The Labute approximate surface area is 157 Å². The Kier molecular flexibility index (Phi) is 5.56. The second kappa shape index (κ2) is 8.23. The number of esters is 1. The Morgan fingerprint density at radius 2 is 1.78 bits per heavy atom. The number of pyridine rings is 2. The van der Waals surface area contributed by atoms with E-state index in [1.54, 1.807) is 32.2 Å². The molecule has 136 valence electrons. The average Bonchev–Trinajstić information content (AvgIpc) is 2.69. The molecule has 0 atom stereocenters. The van der Waals surface area contributed by atoms with Gasteiger partial charge in [-0.15, -0.1) is 0 Å². The molecule has 0 aliphatic heterocycles. The smallest absolute Gasteiger partial charge is 0.339 e. The topological polar surface area (TPSA) is 81.2 Å². The van der Waals surface area contributed by atoms with Crippen molar-refractivity contribution in [2.45, 2.75) is 13.8 Å². The fourth-order valence-corrected chi connectivity index (χ4v) is 2.56. The van der Waals surface area contributed by atoms with Crippen molar-refractivity contribution in [3.05, 3.63) is 77.7 Å². The lowest BCUT2D eigenvalue weighted by atomic mass is 10.1. The molecule has 3 rings (SSSR count). The normalized spacial score (nSPS) is 10.3. The van der Waals surface area contributed by atoms with E-state index < -0.39 is 11.9 Å². The lowest BCUT2D eigenvalue weighted by Crippen LogP contribution is -2.16. The summed E-state index contributed by atoms with van der Waals surface area (Å²) in [6, 6.07) is 16.5. The highest BCUT2D eigenvalue weighted by Crippen LogP contribution is 2.19. The van der Waals surface area contributed by atoms with Gasteiger partial charge in [-0.3, -0.25) is 4.79 Å². The number of anilines is 1. The molecular weight excluding hydrogens is 342 g/mol. The highest BCUT2D eigenvalue weighted by atomic mass is 16.5. The van der Waals surface area contributed by atoms with Gasteiger partial charge < -0.3 is 10.1 Å². The molecule has 27 heavy (non-hydrogen) atoms. The second-order valence-electron chi connectivity index (χ2n) is 5.80. The van der Waals surface area contributed by atoms with E-state index in [1.165, 1.54) is 6.07 Å². The molecule has 1 N–H and O–H groups in total. The average molecular weight is 361 g/mol. The van der Waals surface area contributed by atoms with Crippen molar-refractivity contribution in [1.82, 2.24) is 9.97 Å². The summed E-state index contributed by atoms with van der Waals surface area (Å²) >= 11 is 0. The number of aromatic nitrogens is 2. The summed E-state index contributed by atoms with van der Waals surface area (Å²) < 4.78 is 4.96. The molecule has 0 unspecified atom stereocenters. The van der Waals surface area contributed by atoms with Gasteiger partial charge in [-0.1, -0.05) is 30.3 Å². The Morgan fingerprint density at radius 1 is 1.00 bits per heavy atom. The second-order valence-corrected chi connectivity index (χ2v) is 5.80. The van der Waals surface area contributed by atoms with Crippen LogP contribution in [0.4, 0.5) is 5.82 Å². The number of ether oxygens (including phenoxy) is 1. The summed E-state index contributed by atoms with van der Waals surface area (Å²) in [7, 11) is 0. The Bertz CT molecular complexity index is 954. The van der Waals surface area contributed by atoms with E-state index in [2.05, 4.69) is 15.3 Å². The molecule has 0 saturated carbocycles. The van der Waals surface area contributed by atoms with Crippen LogP contribution in [0, 0.1) is 6.92 Å². The molecule has 6 heteroatoms. The number of amides is 1. The molecule has 2 heterocycles. The lowest BCUT2D eigenvalue weighted by Gasteiger charge is -2.08. The van der Waals surface area contributed by atoms with E-state index in [1.807, 2.05) is 36.4 Å². The van der Waals surface area contributed by atoms with Gasteiger partial charge in [0.15, 0.2) is 0 Å². The molecule has 0 bridgehead atoms. The van der Waals surface area contributed by atoms with Crippen LogP contribution in [-0.4, -0.2) is 28.5 Å². The molecule has 0 saturated heterocycles. The van der Waals surface area contributed by atoms with Crippen LogP contribution in [0.15, 0.2) is 60.8 Å². The van der Waals surface area contributed by atoms with Crippen LogP contribution in [0.2, 0.25) is 0 Å². The van der Waals surface area contributed by atoms with Gasteiger partial charge in [-0.05, 0) is 43.7 Å². The lowest BCUT2D eigenvalue weighted by molar-refractivity contribution is 0.0524. The minimum Gasteiger partial charge on any atom is -0.462 e. The highest BCUT2D eigenvalue weighted by molar-refractivity contribution is 6.03. The first kappa shape index (κ1) is 18.3. The van der Waals surface area contributed by atoms with Crippen LogP contribution < -0.4 is 5.32 Å². The molecule has 0 radical (unpaired) electrons. The van der Waals surface area contributed by atoms with Crippen LogP contribution in [0.1, 0.15) is 33.5 Å². The van der Waals surface area contributed by atoms with Gasteiger partial charge in [-0.2, -0.15) is 0 Å². The number of hydrogen-bond acceptors (Lipinski definition) is 5. The molecule has 1 aromatic carbocycles. The Hall–Kier alpha value is -3.54. The molecule has 0 aliphatic rings. The van der Waals surface area contributed by atoms with Gasteiger partial charge in [0.05, 0.1) is 17.9 Å². The van der Waals surface area contributed by atoms with Crippen molar-refractivity contribution in [2.75, 3.05) is 11.9 Å². The van der Waals surface area contributed by atoms with Gasteiger partial charge in [0.1, 0.15) is 11.5 Å². The third kappa shape index (κ3) is 4.36. The summed E-state index contributed by atoms with van der Waals surface area (Å²) in [6.07, 6.45) is 1.70. The highest BCUT2D eigenvalue weighted by Gasteiger charge is 2.15. The maximum atomic E-state index is 12.4. The van der Waals surface area contributed by atoms with E-state index in [0.29, 0.717) is 17.1 Å². The van der Waals surface area contributed by atoms with Gasteiger partial charge in [-0.25, -0.2) is 14.8 Å².